The Labute approximate surface area is 220 Å². The Hall–Kier alpha value is -3.31. The van der Waals surface area contributed by atoms with Gasteiger partial charge in [0.1, 0.15) is 5.76 Å². The fourth-order valence-electron chi connectivity index (χ4n) is 5.15. The van der Waals surface area contributed by atoms with Crippen LogP contribution in [-0.2, 0) is 19.6 Å². The number of carbonyl (C=O) groups is 1. The second-order valence-electron chi connectivity index (χ2n) is 10.6. The van der Waals surface area contributed by atoms with Gasteiger partial charge in [0.25, 0.3) is 10.0 Å². The Morgan fingerprint density at radius 2 is 1.68 bits per heavy atom. The minimum Gasteiger partial charge on any atom is -0.507 e. The lowest BCUT2D eigenvalue weighted by Gasteiger charge is -2.32. The van der Waals surface area contributed by atoms with Crippen LogP contribution in [-0.4, -0.2) is 32.1 Å². The highest BCUT2D eigenvalue weighted by Gasteiger charge is 2.51. The Morgan fingerprint density at radius 3 is 2.19 bits per heavy atom. The maximum Gasteiger partial charge on any atom is 0.339 e. The number of aliphatic hydroxyl groups excluding tert-OH is 1. The summed E-state index contributed by atoms with van der Waals surface area (Å²) in [6.45, 7) is 9.93. The fraction of sp³-hybridized carbons (Fsp3) is 0.448. The van der Waals surface area contributed by atoms with Gasteiger partial charge in [0.15, 0.2) is 5.60 Å². The van der Waals surface area contributed by atoms with Crippen LogP contribution in [0.3, 0.4) is 0 Å². The summed E-state index contributed by atoms with van der Waals surface area (Å²) in [4.78, 5) is 13.3. The molecule has 0 aliphatic carbocycles. The number of hydrogen-bond acceptors (Lipinski definition) is 6. The second kappa shape index (κ2) is 10.6. The van der Waals surface area contributed by atoms with Crippen LogP contribution in [0.5, 0.6) is 0 Å². The molecule has 3 rings (SSSR count). The highest BCUT2D eigenvalue weighted by Crippen LogP contribution is 2.49. The van der Waals surface area contributed by atoms with E-state index in [1.54, 1.807) is 18.2 Å². The summed E-state index contributed by atoms with van der Waals surface area (Å²) in [5.41, 5.74) is 0.219. The normalized spacial score (nSPS) is 16.3. The van der Waals surface area contributed by atoms with Crippen molar-refractivity contribution in [3.63, 3.8) is 0 Å². The largest absolute Gasteiger partial charge is 0.507 e. The molecule has 1 N–H and O–H groups in total. The quantitative estimate of drug-likeness (QED) is 0.390. The van der Waals surface area contributed by atoms with E-state index in [4.69, 9.17) is 10.00 Å². The van der Waals surface area contributed by atoms with Gasteiger partial charge in [-0.15, -0.1) is 0 Å². The summed E-state index contributed by atoms with van der Waals surface area (Å²) in [5.74, 6) is -1.06. The number of esters is 1. The molecule has 2 aromatic carbocycles. The molecule has 0 aromatic heterocycles. The fourth-order valence-corrected chi connectivity index (χ4v) is 6.33. The summed E-state index contributed by atoms with van der Waals surface area (Å²) in [6.07, 6.45) is 2.56. The number of hydrogen-bond donors (Lipinski definition) is 1. The lowest BCUT2D eigenvalue weighted by molar-refractivity contribution is -0.150. The summed E-state index contributed by atoms with van der Waals surface area (Å²) >= 11 is 0. The van der Waals surface area contributed by atoms with Gasteiger partial charge >= 0.3 is 5.97 Å². The zero-order valence-electron chi connectivity index (χ0n) is 22.4. The molecule has 1 unspecified atom stereocenters. The van der Waals surface area contributed by atoms with Crippen LogP contribution < -0.4 is 4.31 Å². The van der Waals surface area contributed by atoms with Gasteiger partial charge in [-0.2, -0.15) is 5.26 Å². The number of ether oxygens (including phenoxy) is 1. The molecule has 7 nitrogen and oxygen atoms in total. The number of aliphatic hydroxyl groups is 1. The third kappa shape index (κ3) is 5.37. The monoisotopic (exact) mass is 524 g/mol. The van der Waals surface area contributed by atoms with Crippen LogP contribution in [0, 0.1) is 16.7 Å². The summed E-state index contributed by atoms with van der Waals surface area (Å²) < 4.78 is 33.7. The Kier molecular flexibility index (Phi) is 8.09. The molecule has 0 bridgehead atoms. The van der Waals surface area contributed by atoms with Crippen molar-refractivity contribution in [1.82, 2.24) is 0 Å². The number of nitriles is 1. The Morgan fingerprint density at radius 1 is 1.08 bits per heavy atom. The first-order valence-corrected chi connectivity index (χ1v) is 14.0. The van der Waals surface area contributed by atoms with Crippen molar-refractivity contribution in [2.24, 2.45) is 5.41 Å². The maximum absolute atomic E-state index is 13.3. The molecule has 2 aromatic rings. The molecule has 1 heterocycles. The molecule has 0 radical (unpaired) electrons. The zero-order chi connectivity index (χ0) is 27.6. The molecule has 0 saturated carbocycles. The van der Waals surface area contributed by atoms with Crippen LogP contribution >= 0.6 is 0 Å². The van der Waals surface area contributed by atoms with Crippen molar-refractivity contribution >= 4 is 21.7 Å². The number of nitrogens with zero attached hydrogens (tertiary/aromatic N) is 2. The molecule has 8 heteroatoms. The van der Waals surface area contributed by atoms with E-state index in [1.807, 2.05) is 46.8 Å². The van der Waals surface area contributed by atoms with Crippen molar-refractivity contribution in [3.05, 3.63) is 71.0 Å². The van der Waals surface area contributed by atoms with Crippen LogP contribution in [0.15, 0.2) is 64.8 Å². The smallest absolute Gasteiger partial charge is 0.339 e. The van der Waals surface area contributed by atoms with E-state index in [0.29, 0.717) is 29.7 Å². The Balaban J connectivity index is 2.10. The molecule has 1 aliphatic heterocycles. The molecule has 0 amide bonds. The number of cyclic esters (lactones) is 1. The van der Waals surface area contributed by atoms with Crippen molar-refractivity contribution in [1.29, 1.82) is 5.26 Å². The number of rotatable bonds is 9. The average molecular weight is 525 g/mol. The summed E-state index contributed by atoms with van der Waals surface area (Å²) in [7, 11) is -2.43. The summed E-state index contributed by atoms with van der Waals surface area (Å²) in [6, 6.07) is 14.7. The molecular formula is C29H36N2O5S. The number of carbonyl (C=O) groups excluding carboxylic acids is 1. The zero-order valence-corrected chi connectivity index (χ0v) is 23.2. The standard InChI is InChI=1S/C29H36N2O5S/c1-7-16-29(17-8-2)26(32)24(27(33)36-29)25(28(3,4)5)21-10-9-11-22(18-21)31(6)37(34,35)23-14-12-20(19-30)13-15-23/h9-15,18,25,32H,7-8,16-17H2,1-6H3. The predicted octanol–water partition coefficient (Wildman–Crippen LogP) is 6.22. The van der Waals surface area contributed by atoms with Gasteiger partial charge in [-0.25, -0.2) is 13.2 Å². The van der Waals surface area contributed by atoms with E-state index in [2.05, 4.69) is 0 Å². The van der Waals surface area contributed by atoms with Crippen LogP contribution in [0.2, 0.25) is 0 Å². The molecular weight excluding hydrogens is 488 g/mol. The van der Waals surface area contributed by atoms with Crippen molar-refractivity contribution in [2.75, 3.05) is 11.4 Å². The highest BCUT2D eigenvalue weighted by atomic mass is 32.2. The van der Waals surface area contributed by atoms with E-state index in [-0.39, 0.29) is 16.2 Å². The number of anilines is 1. The molecule has 0 fully saturated rings. The predicted molar refractivity (Wildman–Crippen MR) is 144 cm³/mol. The van der Waals surface area contributed by atoms with Crippen LogP contribution in [0.4, 0.5) is 5.69 Å². The number of sulfonamides is 1. The second-order valence-corrected chi connectivity index (χ2v) is 12.6. The topological polar surface area (TPSA) is 108 Å². The van der Waals surface area contributed by atoms with Crippen molar-refractivity contribution in [2.45, 2.75) is 76.7 Å². The minimum absolute atomic E-state index is 0.00918. The van der Waals surface area contributed by atoms with Gasteiger partial charge in [0, 0.05) is 13.0 Å². The molecule has 0 spiro atoms. The molecule has 0 saturated heterocycles. The van der Waals surface area contributed by atoms with E-state index < -0.39 is 32.9 Å². The van der Waals surface area contributed by atoms with Crippen LogP contribution in [0.1, 0.15) is 77.3 Å². The maximum atomic E-state index is 13.3. The third-order valence-corrected chi connectivity index (χ3v) is 8.67. The lowest BCUT2D eigenvalue weighted by atomic mass is 9.71. The SMILES string of the molecule is CCCC1(CCC)OC(=O)C(C(c2cccc(N(C)S(=O)(=O)c3ccc(C#N)cc3)c2)C(C)(C)C)=C1O. The first-order chi connectivity index (χ1) is 17.3. The van der Waals surface area contributed by atoms with Crippen LogP contribution in [0.25, 0.3) is 0 Å². The third-order valence-electron chi connectivity index (χ3n) is 6.87. The average Bonchev–Trinajstić information content (AvgIpc) is 3.08. The van der Waals surface area contributed by atoms with Gasteiger partial charge < -0.3 is 9.84 Å². The van der Waals surface area contributed by atoms with Gasteiger partial charge in [-0.05, 0) is 60.2 Å². The highest BCUT2D eigenvalue weighted by molar-refractivity contribution is 7.92. The van der Waals surface area contributed by atoms with E-state index in [0.717, 1.165) is 12.8 Å². The van der Waals surface area contributed by atoms with E-state index in [1.165, 1.54) is 35.6 Å². The molecule has 198 valence electrons. The van der Waals surface area contributed by atoms with Crippen molar-refractivity contribution in [3.8, 4) is 6.07 Å². The van der Waals surface area contributed by atoms with E-state index >= 15 is 0 Å². The first-order valence-electron chi connectivity index (χ1n) is 12.6. The molecule has 1 aliphatic rings. The lowest BCUT2D eigenvalue weighted by Crippen LogP contribution is -2.32. The minimum atomic E-state index is -3.90. The van der Waals surface area contributed by atoms with Crippen molar-refractivity contribution < 1.29 is 23.1 Å². The Bertz CT molecular complexity index is 1330. The summed E-state index contributed by atoms with van der Waals surface area (Å²) in [5, 5.41) is 20.5. The molecule has 1 atom stereocenters. The van der Waals surface area contributed by atoms with Gasteiger partial charge in [-0.3, -0.25) is 4.31 Å². The number of benzene rings is 2. The van der Waals surface area contributed by atoms with E-state index in [9.17, 15) is 18.3 Å². The van der Waals surface area contributed by atoms with Gasteiger partial charge in [0.2, 0.25) is 0 Å². The molecule has 37 heavy (non-hydrogen) atoms. The first kappa shape index (κ1) is 28.3. The van der Waals surface area contributed by atoms with Gasteiger partial charge in [-0.1, -0.05) is 59.6 Å². The van der Waals surface area contributed by atoms with Gasteiger partial charge in [0.05, 0.1) is 27.8 Å².